The Bertz CT molecular complexity index is 551. The predicted molar refractivity (Wildman–Crippen MR) is 73.4 cm³/mol. The molecule has 0 aliphatic rings. The van der Waals surface area contributed by atoms with Gasteiger partial charge in [-0.15, -0.1) is 11.3 Å². The molecule has 0 amide bonds. The van der Waals surface area contributed by atoms with Gasteiger partial charge in [-0.1, -0.05) is 0 Å². The maximum atomic E-state index is 11.7. The minimum atomic E-state index is -3.82. The fourth-order valence-electron chi connectivity index (χ4n) is 1.36. The Hall–Kier alpha value is -1.00. The molecular formula is C11H17NO6S2. The van der Waals surface area contributed by atoms with Crippen LogP contribution in [0.25, 0.3) is 0 Å². The van der Waals surface area contributed by atoms with Crippen LogP contribution >= 0.6 is 11.3 Å². The summed E-state index contributed by atoms with van der Waals surface area (Å²) >= 11 is 1.03. The zero-order valence-electron chi connectivity index (χ0n) is 11.2. The lowest BCUT2D eigenvalue weighted by molar-refractivity contribution is 0.0217. The topological polar surface area (TPSA) is 105 Å². The molecular weight excluding hydrogens is 306 g/mol. The predicted octanol–water partition coefficient (Wildman–Crippen LogP) is 0.524. The van der Waals surface area contributed by atoms with Crippen LogP contribution in [0.3, 0.4) is 0 Å². The van der Waals surface area contributed by atoms with Crippen LogP contribution in [0.2, 0.25) is 0 Å². The number of esters is 1. The van der Waals surface area contributed by atoms with Crippen LogP contribution in [-0.4, -0.2) is 47.9 Å². The summed E-state index contributed by atoms with van der Waals surface area (Å²) in [5.74, 6) is -0.594. The minimum Gasteiger partial charge on any atom is -0.459 e. The Labute approximate surface area is 121 Å². The van der Waals surface area contributed by atoms with E-state index in [0.717, 1.165) is 11.3 Å². The van der Waals surface area contributed by atoms with E-state index < -0.39 is 16.0 Å². The molecule has 9 heteroatoms. The summed E-state index contributed by atoms with van der Waals surface area (Å²) in [6.45, 7) is 2.80. The second kappa shape index (κ2) is 7.70. The molecule has 0 fully saturated rings. The molecule has 0 saturated heterocycles. The summed E-state index contributed by atoms with van der Waals surface area (Å²) in [6, 6.07) is 1.23. The van der Waals surface area contributed by atoms with E-state index in [4.69, 9.17) is 19.3 Å². The number of primary sulfonamides is 1. The third-order valence-corrected chi connectivity index (χ3v) is 4.47. The number of rotatable bonds is 8. The van der Waals surface area contributed by atoms with Crippen LogP contribution in [-0.2, 0) is 24.2 Å². The van der Waals surface area contributed by atoms with Crippen LogP contribution < -0.4 is 5.14 Å². The first-order valence-corrected chi connectivity index (χ1v) is 8.09. The Balaban J connectivity index is 2.49. The molecule has 0 aliphatic carbocycles. The van der Waals surface area contributed by atoms with Gasteiger partial charge in [-0.3, -0.25) is 0 Å². The van der Waals surface area contributed by atoms with Crippen molar-refractivity contribution in [1.29, 1.82) is 0 Å². The molecule has 0 bridgehead atoms. The van der Waals surface area contributed by atoms with Gasteiger partial charge in [-0.05, 0) is 13.0 Å². The molecule has 0 saturated carbocycles. The maximum absolute atomic E-state index is 11.7. The lowest BCUT2D eigenvalue weighted by Gasteiger charge is -2.04. The van der Waals surface area contributed by atoms with Crippen LogP contribution in [0.4, 0.5) is 0 Å². The monoisotopic (exact) mass is 323 g/mol. The van der Waals surface area contributed by atoms with E-state index in [9.17, 15) is 13.2 Å². The highest BCUT2D eigenvalue weighted by Gasteiger charge is 2.19. The Morgan fingerprint density at radius 2 is 1.95 bits per heavy atom. The number of thiophene rings is 1. The van der Waals surface area contributed by atoms with Crippen molar-refractivity contribution in [2.24, 2.45) is 5.14 Å². The number of carbonyl (C=O) groups excluding carboxylic acids is 1. The molecule has 20 heavy (non-hydrogen) atoms. The third-order valence-electron chi connectivity index (χ3n) is 2.27. The van der Waals surface area contributed by atoms with Crippen molar-refractivity contribution in [2.45, 2.75) is 11.8 Å². The molecule has 1 rings (SSSR count). The van der Waals surface area contributed by atoms with Crippen molar-refractivity contribution < 1.29 is 27.4 Å². The van der Waals surface area contributed by atoms with E-state index in [0.29, 0.717) is 18.1 Å². The van der Waals surface area contributed by atoms with Crippen molar-refractivity contribution in [1.82, 2.24) is 0 Å². The van der Waals surface area contributed by atoms with Gasteiger partial charge in [0.1, 0.15) is 11.5 Å². The van der Waals surface area contributed by atoms with Gasteiger partial charge in [0.2, 0.25) is 10.0 Å². The Morgan fingerprint density at radius 3 is 2.50 bits per heavy atom. The van der Waals surface area contributed by atoms with Gasteiger partial charge in [-0.25, -0.2) is 18.4 Å². The number of hydrogen-bond acceptors (Lipinski definition) is 7. The van der Waals surface area contributed by atoms with Crippen molar-refractivity contribution in [2.75, 3.05) is 33.5 Å². The summed E-state index contributed by atoms with van der Waals surface area (Å²) in [5.41, 5.74) is 0. The summed E-state index contributed by atoms with van der Waals surface area (Å²) in [7, 11) is -2.26. The number of carbonyl (C=O) groups is 1. The zero-order chi connectivity index (χ0) is 15.2. The van der Waals surface area contributed by atoms with Crippen molar-refractivity contribution >= 4 is 27.3 Å². The molecule has 0 unspecified atom stereocenters. The van der Waals surface area contributed by atoms with Gasteiger partial charge < -0.3 is 14.2 Å². The van der Waals surface area contributed by atoms with Crippen molar-refractivity contribution in [3.05, 3.63) is 15.8 Å². The minimum absolute atomic E-state index is 0.0502. The van der Waals surface area contributed by atoms with Gasteiger partial charge in [0, 0.05) is 12.0 Å². The lowest BCUT2D eigenvalue weighted by atomic mass is 10.4. The molecule has 0 radical (unpaired) electrons. The summed E-state index contributed by atoms with van der Waals surface area (Å²) in [6.07, 6.45) is 0. The number of nitrogens with two attached hydrogens (primary N) is 1. The second-order valence-electron chi connectivity index (χ2n) is 3.82. The third kappa shape index (κ3) is 5.17. The zero-order valence-corrected chi connectivity index (χ0v) is 12.9. The molecule has 1 heterocycles. The smallest absolute Gasteiger partial charge is 0.348 e. The van der Waals surface area contributed by atoms with Gasteiger partial charge in [0.05, 0.1) is 24.7 Å². The molecule has 1 aromatic rings. The van der Waals surface area contributed by atoms with Gasteiger partial charge in [0.25, 0.3) is 0 Å². The fourth-order valence-corrected chi connectivity index (χ4v) is 3.40. The molecule has 0 aromatic carbocycles. The van der Waals surface area contributed by atoms with E-state index in [2.05, 4.69) is 0 Å². The van der Waals surface area contributed by atoms with E-state index in [1.54, 1.807) is 14.0 Å². The number of ether oxygens (including phenoxy) is 3. The van der Waals surface area contributed by atoms with Crippen molar-refractivity contribution in [3.8, 4) is 0 Å². The average molecular weight is 323 g/mol. The first kappa shape index (κ1) is 17.1. The largest absolute Gasteiger partial charge is 0.459 e. The summed E-state index contributed by atoms with van der Waals surface area (Å²) < 4.78 is 37.4. The molecule has 2 N–H and O–H groups in total. The number of hydrogen-bond donors (Lipinski definition) is 1. The second-order valence-corrected chi connectivity index (χ2v) is 6.60. The van der Waals surface area contributed by atoms with Crippen LogP contribution in [0.15, 0.2) is 11.0 Å². The van der Waals surface area contributed by atoms with Gasteiger partial charge in [0.15, 0.2) is 0 Å². The molecule has 114 valence electrons. The van der Waals surface area contributed by atoms with Gasteiger partial charge >= 0.3 is 5.97 Å². The van der Waals surface area contributed by atoms with Gasteiger partial charge in [-0.2, -0.15) is 0 Å². The van der Waals surface area contributed by atoms with E-state index >= 15 is 0 Å². The summed E-state index contributed by atoms with van der Waals surface area (Å²) in [4.78, 5) is 12.3. The van der Waals surface area contributed by atoms with E-state index in [1.165, 1.54) is 6.07 Å². The highest BCUT2D eigenvalue weighted by atomic mass is 32.2. The fraction of sp³-hybridized carbons (Fsp3) is 0.545. The molecule has 1 aromatic heterocycles. The van der Waals surface area contributed by atoms with Crippen molar-refractivity contribution in [3.63, 3.8) is 0 Å². The molecule has 0 atom stereocenters. The first-order chi connectivity index (χ1) is 9.36. The van der Waals surface area contributed by atoms with Crippen LogP contribution in [0, 0.1) is 6.92 Å². The van der Waals surface area contributed by atoms with E-state index in [1.807, 2.05) is 0 Å². The first-order valence-electron chi connectivity index (χ1n) is 5.73. The molecule has 7 nitrogen and oxygen atoms in total. The SMILES string of the molecule is COCCOCCOC(=O)c1cc(S(N)(=O)=O)c(C)s1. The quantitative estimate of drug-likeness (QED) is 0.552. The average Bonchev–Trinajstić information content (AvgIpc) is 2.75. The van der Waals surface area contributed by atoms with Crippen LogP contribution in [0.5, 0.6) is 0 Å². The highest BCUT2D eigenvalue weighted by molar-refractivity contribution is 7.89. The van der Waals surface area contributed by atoms with E-state index in [-0.39, 0.29) is 23.0 Å². The Kier molecular flexibility index (Phi) is 6.56. The molecule has 0 aliphatic heterocycles. The lowest BCUT2D eigenvalue weighted by Crippen LogP contribution is -2.13. The summed E-state index contributed by atoms with van der Waals surface area (Å²) in [5, 5.41) is 5.03. The van der Waals surface area contributed by atoms with Crippen LogP contribution in [0.1, 0.15) is 14.5 Å². The highest BCUT2D eigenvalue weighted by Crippen LogP contribution is 2.25. The number of sulfonamides is 1. The normalized spacial score (nSPS) is 11.6. The number of aryl methyl sites for hydroxylation is 1. The molecule has 0 spiro atoms. The standard InChI is InChI=1S/C11H17NO6S2/c1-8-10(20(12,14)15)7-9(19-8)11(13)18-6-5-17-4-3-16-2/h7H,3-6H2,1-2H3,(H2,12,14,15). The number of methoxy groups -OCH3 is 1. The Morgan fingerprint density at radius 1 is 1.30 bits per heavy atom. The maximum Gasteiger partial charge on any atom is 0.348 e.